The summed E-state index contributed by atoms with van der Waals surface area (Å²) in [6.45, 7) is 0.608. The molecule has 2 aromatic heterocycles. The first-order valence-corrected chi connectivity index (χ1v) is 9.56. The highest BCUT2D eigenvalue weighted by molar-refractivity contribution is 7.98. The highest BCUT2D eigenvalue weighted by Gasteiger charge is 2.16. The summed E-state index contributed by atoms with van der Waals surface area (Å²) >= 11 is 1.56. The maximum Gasteiger partial charge on any atom is 0.158 e. The Bertz CT molecular complexity index is 1080. The molecule has 2 aromatic carbocycles. The Hall–Kier alpha value is -3.30. The van der Waals surface area contributed by atoms with E-state index in [2.05, 4.69) is 33.6 Å². The molecule has 0 aliphatic rings. The SMILES string of the molecule is N#Cc1c(SCc2ccccc2)nc2ccnn2c1NCc1ccccc1. The molecule has 0 atom stereocenters. The second kappa shape index (κ2) is 7.94. The number of fused-ring (bicyclic) bond motifs is 1. The summed E-state index contributed by atoms with van der Waals surface area (Å²) in [4.78, 5) is 4.64. The molecule has 0 amide bonds. The van der Waals surface area contributed by atoms with Crippen LogP contribution in [-0.2, 0) is 12.3 Å². The fourth-order valence-electron chi connectivity index (χ4n) is 2.80. The topological polar surface area (TPSA) is 66.0 Å². The van der Waals surface area contributed by atoms with Gasteiger partial charge in [-0.05, 0) is 11.1 Å². The van der Waals surface area contributed by atoms with E-state index in [1.54, 1.807) is 22.5 Å². The molecule has 0 aliphatic heterocycles. The molecule has 2 heterocycles. The van der Waals surface area contributed by atoms with Gasteiger partial charge in [-0.2, -0.15) is 14.9 Å². The number of aromatic nitrogens is 3. The second-order valence-corrected chi connectivity index (χ2v) is 6.93. The summed E-state index contributed by atoms with van der Waals surface area (Å²) in [6, 6.07) is 24.4. The molecule has 132 valence electrons. The molecule has 0 unspecified atom stereocenters. The quantitative estimate of drug-likeness (QED) is 0.399. The van der Waals surface area contributed by atoms with E-state index in [4.69, 9.17) is 0 Å². The van der Waals surface area contributed by atoms with Crippen molar-refractivity contribution in [3.05, 3.63) is 89.6 Å². The minimum Gasteiger partial charge on any atom is -0.365 e. The summed E-state index contributed by atoms with van der Waals surface area (Å²) in [5.41, 5.74) is 3.57. The van der Waals surface area contributed by atoms with Gasteiger partial charge in [0.2, 0.25) is 0 Å². The lowest BCUT2D eigenvalue weighted by molar-refractivity contribution is 0.897. The molecule has 6 heteroatoms. The van der Waals surface area contributed by atoms with Crippen LogP contribution in [0.2, 0.25) is 0 Å². The van der Waals surface area contributed by atoms with Crippen molar-refractivity contribution in [2.24, 2.45) is 0 Å². The molecule has 0 spiro atoms. The number of nitrogens with one attached hydrogen (secondary N) is 1. The van der Waals surface area contributed by atoms with E-state index in [-0.39, 0.29) is 0 Å². The monoisotopic (exact) mass is 371 g/mol. The zero-order chi connectivity index (χ0) is 18.5. The Morgan fingerprint density at radius 1 is 0.963 bits per heavy atom. The largest absolute Gasteiger partial charge is 0.365 e. The van der Waals surface area contributed by atoms with E-state index >= 15 is 0 Å². The summed E-state index contributed by atoms with van der Waals surface area (Å²) in [7, 11) is 0. The number of nitriles is 1. The van der Waals surface area contributed by atoms with Gasteiger partial charge in [-0.1, -0.05) is 60.7 Å². The van der Waals surface area contributed by atoms with Crippen molar-refractivity contribution < 1.29 is 0 Å². The first-order valence-electron chi connectivity index (χ1n) is 8.57. The summed E-state index contributed by atoms with van der Waals surface area (Å²) in [5.74, 6) is 1.43. The van der Waals surface area contributed by atoms with Gasteiger partial charge in [0.15, 0.2) is 11.5 Å². The molecule has 0 saturated carbocycles. The van der Waals surface area contributed by atoms with E-state index in [1.165, 1.54) is 5.56 Å². The Morgan fingerprint density at radius 3 is 2.37 bits per heavy atom. The van der Waals surface area contributed by atoms with Gasteiger partial charge in [0, 0.05) is 18.4 Å². The number of hydrogen-bond acceptors (Lipinski definition) is 5. The molecule has 0 bridgehead atoms. The van der Waals surface area contributed by atoms with Crippen molar-refractivity contribution in [1.29, 1.82) is 5.26 Å². The average Bonchev–Trinajstić information content (AvgIpc) is 3.20. The van der Waals surface area contributed by atoms with Gasteiger partial charge in [-0.25, -0.2) is 4.98 Å². The third kappa shape index (κ3) is 3.78. The van der Waals surface area contributed by atoms with Gasteiger partial charge < -0.3 is 5.32 Å². The predicted octanol–water partition coefficient (Wildman–Crippen LogP) is 4.51. The van der Waals surface area contributed by atoms with Gasteiger partial charge in [0.1, 0.15) is 16.7 Å². The fraction of sp³-hybridized carbons (Fsp3) is 0.0952. The molecule has 5 nitrogen and oxygen atoms in total. The molecule has 1 N–H and O–H groups in total. The third-order valence-corrected chi connectivity index (χ3v) is 5.18. The lowest BCUT2D eigenvalue weighted by atomic mass is 10.2. The summed E-state index contributed by atoms with van der Waals surface area (Å²) in [6.07, 6.45) is 1.70. The standard InChI is InChI=1S/C21H17N5S/c22-13-18-20(23-14-16-7-3-1-4-8-16)26-19(11-12-24-26)25-21(18)27-15-17-9-5-2-6-10-17/h1-12,23H,14-15H2. The van der Waals surface area contributed by atoms with Gasteiger partial charge in [0.25, 0.3) is 0 Å². The highest BCUT2D eigenvalue weighted by Crippen LogP contribution is 2.30. The van der Waals surface area contributed by atoms with Crippen LogP contribution in [0.5, 0.6) is 0 Å². The summed E-state index contributed by atoms with van der Waals surface area (Å²) < 4.78 is 1.69. The smallest absolute Gasteiger partial charge is 0.158 e. The van der Waals surface area contributed by atoms with Crippen molar-refractivity contribution in [2.45, 2.75) is 17.3 Å². The minimum absolute atomic E-state index is 0.517. The van der Waals surface area contributed by atoms with Crippen LogP contribution in [0.15, 0.2) is 78.0 Å². The van der Waals surface area contributed by atoms with E-state index < -0.39 is 0 Å². The normalized spacial score (nSPS) is 10.6. The Kier molecular flexibility index (Phi) is 5.04. The van der Waals surface area contributed by atoms with Crippen LogP contribution in [0.25, 0.3) is 5.65 Å². The number of rotatable bonds is 6. The van der Waals surface area contributed by atoms with Crippen molar-refractivity contribution in [2.75, 3.05) is 5.32 Å². The van der Waals surface area contributed by atoms with E-state index in [1.807, 2.05) is 54.6 Å². The number of benzene rings is 2. The molecule has 4 rings (SSSR count). The van der Waals surface area contributed by atoms with Crippen LogP contribution in [0.1, 0.15) is 16.7 Å². The second-order valence-electron chi connectivity index (χ2n) is 5.97. The van der Waals surface area contributed by atoms with Crippen molar-refractivity contribution in [3.8, 4) is 6.07 Å². The Labute approximate surface area is 161 Å². The lowest BCUT2D eigenvalue weighted by Crippen LogP contribution is -2.09. The fourth-order valence-corrected chi connectivity index (χ4v) is 3.74. The molecular formula is C21H17N5S. The summed E-state index contributed by atoms with van der Waals surface area (Å²) in [5, 5.41) is 18.2. The Morgan fingerprint density at radius 2 is 1.67 bits per heavy atom. The van der Waals surface area contributed by atoms with Crippen molar-refractivity contribution in [1.82, 2.24) is 14.6 Å². The van der Waals surface area contributed by atoms with E-state index in [9.17, 15) is 5.26 Å². The molecule has 0 aliphatic carbocycles. The molecule has 4 aromatic rings. The van der Waals surface area contributed by atoms with Crippen LogP contribution in [0, 0.1) is 11.3 Å². The molecule has 0 fully saturated rings. The lowest BCUT2D eigenvalue weighted by Gasteiger charge is -2.13. The molecule has 0 saturated heterocycles. The highest BCUT2D eigenvalue weighted by atomic mass is 32.2. The predicted molar refractivity (Wildman–Crippen MR) is 107 cm³/mol. The van der Waals surface area contributed by atoms with Crippen LogP contribution < -0.4 is 5.32 Å². The van der Waals surface area contributed by atoms with Crippen LogP contribution in [-0.4, -0.2) is 14.6 Å². The van der Waals surface area contributed by atoms with Crippen LogP contribution >= 0.6 is 11.8 Å². The van der Waals surface area contributed by atoms with E-state index in [0.717, 1.165) is 17.0 Å². The first kappa shape index (κ1) is 17.1. The van der Waals surface area contributed by atoms with Gasteiger partial charge in [-0.3, -0.25) is 0 Å². The van der Waals surface area contributed by atoms with Crippen molar-refractivity contribution in [3.63, 3.8) is 0 Å². The molecule has 27 heavy (non-hydrogen) atoms. The first-order chi connectivity index (χ1) is 13.3. The maximum absolute atomic E-state index is 9.81. The maximum atomic E-state index is 9.81. The third-order valence-electron chi connectivity index (χ3n) is 4.13. The number of hydrogen-bond donors (Lipinski definition) is 1. The van der Waals surface area contributed by atoms with Gasteiger partial charge >= 0.3 is 0 Å². The minimum atomic E-state index is 0.517. The molecule has 0 radical (unpaired) electrons. The van der Waals surface area contributed by atoms with Crippen LogP contribution in [0.4, 0.5) is 5.82 Å². The van der Waals surface area contributed by atoms with Gasteiger partial charge in [-0.15, -0.1) is 11.8 Å². The zero-order valence-electron chi connectivity index (χ0n) is 14.5. The number of anilines is 1. The van der Waals surface area contributed by atoms with Crippen LogP contribution in [0.3, 0.4) is 0 Å². The van der Waals surface area contributed by atoms with E-state index in [0.29, 0.717) is 23.0 Å². The van der Waals surface area contributed by atoms with Crippen molar-refractivity contribution >= 4 is 23.2 Å². The zero-order valence-corrected chi connectivity index (χ0v) is 15.4. The number of thioether (sulfide) groups is 1. The number of nitrogens with zero attached hydrogens (tertiary/aromatic N) is 4. The molecular weight excluding hydrogens is 354 g/mol. The average molecular weight is 371 g/mol. The Balaban J connectivity index is 1.66. The van der Waals surface area contributed by atoms with Gasteiger partial charge in [0.05, 0.1) is 6.20 Å².